The highest BCUT2D eigenvalue weighted by Gasteiger charge is 2.16. The van der Waals surface area contributed by atoms with Gasteiger partial charge in [0.2, 0.25) is 5.91 Å². The summed E-state index contributed by atoms with van der Waals surface area (Å²) in [5, 5.41) is 3.01. The van der Waals surface area contributed by atoms with E-state index in [9.17, 15) is 13.2 Å². The Morgan fingerprint density at radius 3 is 2.67 bits per heavy atom. The molecule has 1 rings (SSSR count). The second kappa shape index (κ2) is 7.66. The van der Waals surface area contributed by atoms with Crippen LogP contribution in [-0.2, 0) is 14.6 Å². The van der Waals surface area contributed by atoms with Crippen molar-refractivity contribution in [2.45, 2.75) is 26.7 Å². The third-order valence-corrected chi connectivity index (χ3v) is 5.40. The summed E-state index contributed by atoms with van der Waals surface area (Å²) < 4.78 is 23.7. The van der Waals surface area contributed by atoms with Crippen molar-refractivity contribution in [3.63, 3.8) is 0 Å². The normalized spacial score (nSPS) is 12.9. The third-order valence-electron chi connectivity index (χ3n) is 3.16. The van der Waals surface area contributed by atoms with Gasteiger partial charge in [0.1, 0.15) is 0 Å². The Balaban J connectivity index is 2.52. The molecule has 0 heterocycles. The SMILES string of the molecule is CCC(C)CS(=O)(=O)CCC(=O)Nc1ccc(Cl)c(N)c1. The summed E-state index contributed by atoms with van der Waals surface area (Å²) in [4.78, 5) is 11.8. The zero-order valence-corrected chi connectivity index (χ0v) is 13.8. The van der Waals surface area contributed by atoms with Crippen molar-refractivity contribution in [3.8, 4) is 0 Å². The van der Waals surface area contributed by atoms with E-state index < -0.39 is 9.84 Å². The number of hydrogen-bond donors (Lipinski definition) is 2. The van der Waals surface area contributed by atoms with Gasteiger partial charge >= 0.3 is 0 Å². The number of anilines is 2. The van der Waals surface area contributed by atoms with Gasteiger partial charge in [-0.25, -0.2) is 8.42 Å². The second-order valence-corrected chi connectivity index (χ2v) is 7.80. The summed E-state index contributed by atoms with van der Waals surface area (Å²) in [5.41, 5.74) is 6.49. The van der Waals surface area contributed by atoms with Gasteiger partial charge in [-0.3, -0.25) is 4.79 Å². The van der Waals surface area contributed by atoms with Crippen LogP contribution in [0, 0.1) is 5.92 Å². The van der Waals surface area contributed by atoms with Crippen LogP contribution < -0.4 is 11.1 Å². The predicted molar refractivity (Wildman–Crippen MR) is 87.2 cm³/mol. The number of amides is 1. The molecule has 0 spiro atoms. The summed E-state index contributed by atoms with van der Waals surface area (Å²) >= 11 is 5.78. The van der Waals surface area contributed by atoms with Crippen molar-refractivity contribution in [1.82, 2.24) is 0 Å². The number of sulfone groups is 1. The molecule has 0 aliphatic carbocycles. The maximum Gasteiger partial charge on any atom is 0.225 e. The molecule has 1 amide bonds. The molecular weight excluding hydrogens is 312 g/mol. The molecule has 21 heavy (non-hydrogen) atoms. The van der Waals surface area contributed by atoms with Gasteiger partial charge in [-0.05, 0) is 24.1 Å². The van der Waals surface area contributed by atoms with E-state index in [0.717, 1.165) is 6.42 Å². The Hall–Kier alpha value is -1.27. The molecule has 0 aliphatic rings. The Morgan fingerprint density at radius 2 is 2.10 bits per heavy atom. The van der Waals surface area contributed by atoms with Gasteiger partial charge < -0.3 is 11.1 Å². The van der Waals surface area contributed by atoms with Crippen LogP contribution in [0.1, 0.15) is 26.7 Å². The molecule has 1 atom stereocenters. The van der Waals surface area contributed by atoms with Crippen molar-refractivity contribution in [2.24, 2.45) is 5.92 Å². The average Bonchev–Trinajstić information content (AvgIpc) is 2.40. The number of nitrogens with two attached hydrogens (primary N) is 1. The summed E-state index contributed by atoms with van der Waals surface area (Å²) in [6.45, 7) is 3.83. The Kier molecular flexibility index (Phi) is 6.48. The monoisotopic (exact) mass is 332 g/mol. The van der Waals surface area contributed by atoms with Crippen LogP contribution in [0.4, 0.5) is 11.4 Å². The molecule has 0 aromatic heterocycles. The quantitative estimate of drug-likeness (QED) is 0.751. The predicted octanol–water partition coefficient (Wildman–Crippen LogP) is 2.71. The first kappa shape index (κ1) is 17.8. The standard InChI is InChI=1S/C14H21ClN2O3S/c1-3-10(2)9-21(19,20)7-6-14(18)17-11-4-5-12(15)13(16)8-11/h4-5,8,10H,3,6-7,9,16H2,1-2H3,(H,17,18). The van der Waals surface area contributed by atoms with Gasteiger partial charge in [-0.2, -0.15) is 0 Å². The molecule has 0 bridgehead atoms. The van der Waals surface area contributed by atoms with Crippen LogP contribution in [0.25, 0.3) is 0 Å². The van der Waals surface area contributed by atoms with Crippen LogP contribution in [0.15, 0.2) is 18.2 Å². The number of carbonyl (C=O) groups excluding carboxylic acids is 1. The van der Waals surface area contributed by atoms with Crippen molar-refractivity contribution in [3.05, 3.63) is 23.2 Å². The van der Waals surface area contributed by atoms with E-state index in [2.05, 4.69) is 5.32 Å². The Labute approximate surface area is 130 Å². The molecular formula is C14H21ClN2O3S. The van der Waals surface area contributed by atoms with Crippen LogP contribution >= 0.6 is 11.6 Å². The molecule has 3 N–H and O–H groups in total. The molecule has 0 radical (unpaired) electrons. The van der Waals surface area contributed by atoms with E-state index >= 15 is 0 Å². The van der Waals surface area contributed by atoms with Crippen molar-refractivity contribution in [2.75, 3.05) is 22.6 Å². The highest BCUT2D eigenvalue weighted by atomic mass is 35.5. The first-order valence-corrected chi connectivity index (χ1v) is 8.98. The number of halogens is 1. The van der Waals surface area contributed by atoms with E-state index in [1.54, 1.807) is 12.1 Å². The van der Waals surface area contributed by atoms with E-state index in [1.165, 1.54) is 6.07 Å². The van der Waals surface area contributed by atoms with Gasteiger partial charge in [0.15, 0.2) is 9.84 Å². The fraction of sp³-hybridized carbons (Fsp3) is 0.500. The third kappa shape index (κ3) is 6.35. The average molecular weight is 333 g/mol. The molecule has 1 aromatic rings. The molecule has 0 fully saturated rings. The van der Waals surface area contributed by atoms with Crippen LogP contribution in [-0.4, -0.2) is 25.8 Å². The lowest BCUT2D eigenvalue weighted by molar-refractivity contribution is -0.115. The molecule has 1 aromatic carbocycles. The fourth-order valence-electron chi connectivity index (χ4n) is 1.73. The van der Waals surface area contributed by atoms with Crippen LogP contribution in [0.5, 0.6) is 0 Å². The molecule has 0 saturated heterocycles. The number of carbonyl (C=O) groups is 1. The molecule has 0 aliphatic heterocycles. The van der Waals surface area contributed by atoms with Gasteiger partial charge in [0, 0.05) is 12.1 Å². The maximum absolute atomic E-state index is 11.8. The highest BCUT2D eigenvalue weighted by molar-refractivity contribution is 7.91. The topological polar surface area (TPSA) is 89.3 Å². The minimum atomic E-state index is -3.20. The smallest absolute Gasteiger partial charge is 0.225 e. The summed E-state index contributed by atoms with van der Waals surface area (Å²) in [5.74, 6) is -0.282. The zero-order chi connectivity index (χ0) is 16.0. The molecule has 1 unspecified atom stereocenters. The zero-order valence-electron chi connectivity index (χ0n) is 12.2. The largest absolute Gasteiger partial charge is 0.397 e. The molecule has 5 nitrogen and oxygen atoms in total. The first-order valence-electron chi connectivity index (χ1n) is 6.79. The Morgan fingerprint density at radius 1 is 1.43 bits per heavy atom. The second-order valence-electron chi connectivity index (χ2n) is 5.16. The molecule has 7 heteroatoms. The fourth-order valence-corrected chi connectivity index (χ4v) is 3.61. The first-order chi connectivity index (χ1) is 9.73. The highest BCUT2D eigenvalue weighted by Crippen LogP contribution is 2.22. The Bertz CT molecular complexity index is 602. The lowest BCUT2D eigenvalue weighted by atomic mass is 10.2. The van der Waals surface area contributed by atoms with Gasteiger partial charge in [-0.15, -0.1) is 0 Å². The lowest BCUT2D eigenvalue weighted by Crippen LogP contribution is -2.21. The summed E-state index contributed by atoms with van der Waals surface area (Å²) in [6.07, 6.45) is 0.733. The number of nitrogen functional groups attached to an aromatic ring is 1. The van der Waals surface area contributed by atoms with E-state index in [1.807, 2.05) is 13.8 Å². The van der Waals surface area contributed by atoms with Crippen molar-refractivity contribution >= 4 is 38.7 Å². The van der Waals surface area contributed by atoms with Crippen LogP contribution in [0.3, 0.4) is 0 Å². The summed E-state index contributed by atoms with van der Waals surface area (Å²) in [7, 11) is -3.20. The lowest BCUT2D eigenvalue weighted by Gasteiger charge is -2.10. The van der Waals surface area contributed by atoms with Gasteiger partial charge in [0.05, 0.1) is 22.2 Å². The summed E-state index contributed by atoms with van der Waals surface area (Å²) in [6, 6.07) is 4.73. The van der Waals surface area contributed by atoms with Gasteiger partial charge in [0.25, 0.3) is 0 Å². The maximum atomic E-state index is 11.8. The van der Waals surface area contributed by atoms with Crippen molar-refractivity contribution in [1.29, 1.82) is 0 Å². The number of hydrogen-bond acceptors (Lipinski definition) is 4. The molecule has 0 saturated carbocycles. The van der Waals surface area contributed by atoms with Crippen molar-refractivity contribution < 1.29 is 13.2 Å². The van der Waals surface area contributed by atoms with Gasteiger partial charge in [-0.1, -0.05) is 31.9 Å². The van der Waals surface area contributed by atoms with Crippen LogP contribution in [0.2, 0.25) is 5.02 Å². The van der Waals surface area contributed by atoms with E-state index in [4.69, 9.17) is 17.3 Å². The number of rotatable bonds is 7. The van der Waals surface area contributed by atoms with E-state index in [-0.39, 0.29) is 29.8 Å². The number of benzene rings is 1. The minimum absolute atomic E-state index is 0.0682. The van der Waals surface area contributed by atoms with E-state index in [0.29, 0.717) is 16.4 Å². The minimum Gasteiger partial charge on any atom is -0.397 e. The number of nitrogens with one attached hydrogen (secondary N) is 1. The molecule has 118 valence electrons.